The van der Waals surface area contributed by atoms with Crippen molar-refractivity contribution in [1.29, 1.82) is 0 Å². The standard InChI is InChI=1S/4FH.Mo.2H3N.2O/h4*1H;;2*1H3;;/q;;;;+2;;;;/p+2. The van der Waals surface area contributed by atoms with Gasteiger partial charge < -0.3 is 12.3 Å². The first-order valence-electron chi connectivity index (χ1n) is 0.333. The predicted molar refractivity (Wildman–Crippen MR) is 23.4 cm³/mol. The van der Waals surface area contributed by atoms with Crippen LogP contribution in [0.4, 0.5) is 18.8 Å². The Kier molecular flexibility index (Phi) is 7410. The van der Waals surface area contributed by atoms with Crippen LogP contribution in [0.25, 0.3) is 0 Å². The third-order valence-electron chi connectivity index (χ3n) is 0. The van der Waals surface area contributed by atoms with Crippen LogP contribution in [-0.2, 0) is 25.3 Å². The average Bonchev–Trinajstić information content (AvgIpc) is 0.918. The van der Waals surface area contributed by atoms with Gasteiger partial charge in [-0.05, 0) is 0 Å². The Morgan fingerprint density at radius 2 is 0.667 bits per heavy atom. The Morgan fingerprint density at radius 1 is 0.667 bits per heavy atom. The summed E-state index contributed by atoms with van der Waals surface area (Å²) in [6.45, 7) is 0. The Balaban J connectivity index is -0.00000000133. The molecule has 0 rings (SSSR count). The molecule has 0 aromatic rings. The van der Waals surface area contributed by atoms with Crippen LogP contribution in [0.3, 0.4) is 0 Å². The SMILES string of the molecule is F.F.F.F.[NH4+].[NH4+].[O]=[Mo+2]=[O]. The van der Waals surface area contributed by atoms with Crippen LogP contribution in [0, 0.1) is 0 Å². The average molecular weight is 244 g/mol. The quantitative estimate of drug-likeness (QED) is 0.492. The zero-order valence-corrected chi connectivity index (χ0v) is 6.86. The van der Waals surface area contributed by atoms with Crippen LogP contribution < -0.4 is 12.3 Å². The number of quaternary nitrogens is 2. The zero-order chi connectivity index (χ0) is 2.71. The number of hydrogen-bond donors (Lipinski definition) is 2. The van der Waals surface area contributed by atoms with Gasteiger partial charge in [0.1, 0.15) is 0 Å². The Labute approximate surface area is 57.2 Å². The van der Waals surface area contributed by atoms with E-state index in [9.17, 15) is 0 Å². The fraction of sp³-hybridized carbons (Fsp3) is 0. The van der Waals surface area contributed by atoms with E-state index < -0.39 is 18.5 Å². The molecule has 0 saturated heterocycles. The van der Waals surface area contributed by atoms with Crippen LogP contribution >= 0.6 is 0 Å². The van der Waals surface area contributed by atoms with Crippen molar-refractivity contribution in [3.8, 4) is 0 Å². The molecule has 0 aromatic heterocycles. The first kappa shape index (κ1) is 151. The maximum atomic E-state index is 8.50. The van der Waals surface area contributed by atoms with Crippen molar-refractivity contribution in [2.75, 3.05) is 0 Å². The second-order valence-electron chi connectivity index (χ2n) is 0.0680. The summed E-state index contributed by atoms with van der Waals surface area (Å²) in [6, 6.07) is 0. The second-order valence-corrected chi connectivity index (χ2v) is 0.403. The van der Waals surface area contributed by atoms with Crippen LogP contribution in [-0.4, -0.2) is 0 Å². The van der Waals surface area contributed by atoms with E-state index in [1.807, 2.05) is 0 Å². The molecule has 0 radical (unpaired) electrons. The summed E-state index contributed by atoms with van der Waals surface area (Å²) in [7, 11) is 0. The summed E-state index contributed by atoms with van der Waals surface area (Å²) < 4.78 is 17.0. The van der Waals surface area contributed by atoms with Crippen LogP contribution in [0.1, 0.15) is 0 Å². The van der Waals surface area contributed by atoms with E-state index in [4.69, 9.17) is 6.80 Å². The van der Waals surface area contributed by atoms with Gasteiger partial charge in [0, 0.05) is 0 Å². The molecule has 0 unspecified atom stereocenters. The van der Waals surface area contributed by atoms with Gasteiger partial charge in [-0.1, -0.05) is 0 Å². The number of hydrogen-bond acceptors (Lipinski definition) is 2. The monoisotopic (exact) mass is 246 g/mol. The number of rotatable bonds is 0. The molecule has 8 N–H and O–H groups in total. The normalized spacial score (nSPS) is 0.889. The fourth-order valence-electron chi connectivity index (χ4n) is 0. The molecular weight excluding hydrogens is 232 g/mol. The molecule has 0 amide bonds. The van der Waals surface area contributed by atoms with Gasteiger partial charge in [-0.3, -0.25) is 18.8 Å². The third-order valence-corrected chi connectivity index (χ3v) is 0. The van der Waals surface area contributed by atoms with Crippen molar-refractivity contribution < 1.29 is 44.1 Å². The van der Waals surface area contributed by atoms with E-state index in [1.54, 1.807) is 0 Å². The molecule has 0 heterocycles. The maximum absolute atomic E-state index is 8.50. The van der Waals surface area contributed by atoms with E-state index in [2.05, 4.69) is 0 Å². The van der Waals surface area contributed by atoms with E-state index in [1.165, 1.54) is 0 Å². The van der Waals surface area contributed by atoms with Crippen LogP contribution in [0.2, 0.25) is 0 Å². The van der Waals surface area contributed by atoms with Gasteiger partial charge in [0.2, 0.25) is 0 Å². The summed E-state index contributed by atoms with van der Waals surface area (Å²) in [6.07, 6.45) is 0. The van der Waals surface area contributed by atoms with Crippen molar-refractivity contribution in [2.24, 2.45) is 0 Å². The predicted octanol–water partition coefficient (Wildman–Crippen LogP) is 1.12. The zero-order valence-electron chi connectivity index (χ0n) is 4.86. The summed E-state index contributed by atoms with van der Waals surface area (Å²) in [5.41, 5.74) is 0. The molecule has 0 saturated carbocycles. The molecule has 0 atom stereocenters. The van der Waals surface area contributed by atoms with Crippen molar-refractivity contribution in [1.82, 2.24) is 12.3 Å². The molecule has 0 spiro atoms. The summed E-state index contributed by atoms with van der Waals surface area (Å²) in [5, 5.41) is 0. The fourth-order valence-corrected chi connectivity index (χ4v) is 0. The van der Waals surface area contributed by atoms with Gasteiger partial charge in [-0.15, -0.1) is 0 Å². The molecule has 0 aliphatic rings. The number of halogens is 4. The minimum absolute atomic E-state index is 0. The van der Waals surface area contributed by atoms with E-state index in [0.717, 1.165) is 0 Å². The van der Waals surface area contributed by atoms with Crippen molar-refractivity contribution >= 4 is 0 Å². The van der Waals surface area contributed by atoms with Gasteiger partial charge in [0.15, 0.2) is 0 Å². The van der Waals surface area contributed by atoms with Gasteiger partial charge in [-0.2, -0.15) is 0 Å². The minimum atomic E-state index is -2.03. The molecule has 9 heavy (non-hydrogen) atoms. The van der Waals surface area contributed by atoms with Crippen molar-refractivity contribution in [3.05, 3.63) is 0 Å². The summed E-state index contributed by atoms with van der Waals surface area (Å²) in [4.78, 5) is 0. The molecule has 4 nitrogen and oxygen atoms in total. The molecule has 0 bridgehead atoms. The third kappa shape index (κ3) is 54200. The van der Waals surface area contributed by atoms with Gasteiger partial charge in [0.05, 0.1) is 0 Å². The molecule has 0 aliphatic heterocycles. The topological polar surface area (TPSA) is 107 Å². The van der Waals surface area contributed by atoms with Crippen LogP contribution in [0.15, 0.2) is 0 Å². The second kappa shape index (κ2) is 442. The van der Waals surface area contributed by atoms with Crippen molar-refractivity contribution in [3.63, 3.8) is 0 Å². The molecular formula is H12F4MoN2O2+4. The van der Waals surface area contributed by atoms with Gasteiger partial charge in [-0.25, -0.2) is 0 Å². The molecule has 9 heteroatoms. The van der Waals surface area contributed by atoms with E-state index >= 15 is 0 Å². The Morgan fingerprint density at radius 3 is 0.667 bits per heavy atom. The molecule has 0 fully saturated rings. The van der Waals surface area contributed by atoms with E-state index in [0.29, 0.717) is 0 Å². The summed E-state index contributed by atoms with van der Waals surface area (Å²) >= 11 is -2.03. The summed E-state index contributed by atoms with van der Waals surface area (Å²) in [5.74, 6) is 0. The Hall–Kier alpha value is -0.0717. The first-order chi connectivity index (χ1) is 1.41. The van der Waals surface area contributed by atoms with E-state index in [-0.39, 0.29) is 31.1 Å². The Bertz CT molecular complexity index is 37.5. The molecule has 64 valence electrons. The molecule has 0 aromatic carbocycles. The first-order valence-corrected chi connectivity index (χ1v) is 1.97. The molecule has 0 aliphatic carbocycles. The van der Waals surface area contributed by atoms with Crippen LogP contribution in [0.5, 0.6) is 0 Å². The van der Waals surface area contributed by atoms with Gasteiger partial charge in [0.25, 0.3) is 0 Å². The van der Waals surface area contributed by atoms with Crippen molar-refractivity contribution in [2.45, 2.75) is 0 Å². The van der Waals surface area contributed by atoms with Gasteiger partial charge >= 0.3 is 25.3 Å².